The minimum Gasteiger partial charge on any atom is -0.869 e. The van der Waals surface area contributed by atoms with Crippen molar-refractivity contribution < 1.29 is 53.3 Å². The van der Waals surface area contributed by atoms with Crippen LogP contribution in [0.3, 0.4) is 0 Å². The molecule has 17 heavy (non-hydrogen) atoms. The van der Waals surface area contributed by atoms with E-state index < -0.39 is 11.7 Å². The van der Waals surface area contributed by atoms with E-state index in [-0.39, 0.29) is 40.9 Å². The molecule has 0 aliphatic rings. The van der Waals surface area contributed by atoms with Crippen LogP contribution < -0.4 is 39.4 Å². The summed E-state index contributed by atoms with van der Waals surface area (Å²) in [5, 5.41) is 12.1. The Morgan fingerprint density at radius 1 is 1.35 bits per heavy atom. The summed E-state index contributed by atoms with van der Waals surface area (Å²) in [7, 11) is 2.64. The number of rotatable bonds is 2. The van der Waals surface area contributed by atoms with Crippen LogP contribution in [0.1, 0.15) is 10.6 Å². The number of hydrogen-bond acceptors (Lipinski definition) is 5. The van der Waals surface area contributed by atoms with Crippen molar-refractivity contribution in [1.82, 2.24) is 0 Å². The van der Waals surface area contributed by atoms with Crippen molar-refractivity contribution in [2.24, 2.45) is 0 Å². The van der Waals surface area contributed by atoms with Gasteiger partial charge in [0.1, 0.15) is 0 Å². The summed E-state index contributed by atoms with van der Waals surface area (Å²) in [5.74, 6) is -1.20. The van der Waals surface area contributed by atoms with Gasteiger partial charge in [0, 0.05) is 5.39 Å². The first-order valence-corrected chi connectivity index (χ1v) is 4.54. The van der Waals surface area contributed by atoms with Gasteiger partial charge in [0.25, 0.3) is 0 Å². The number of para-hydroxylation sites is 1. The van der Waals surface area contributed by atoms with Crippen molar-refractivity contribution in [1.29, 1.82) is 0 Å². The molecule has 0 bridgehead atoms. The molecule has 0 aliphatic heterocycles. The Kier molecular flexibility index (Phi) is 4.45. The number of ether oxygens (including phenoxy) is 2. The van der Waals surface area contributed by atoms with Crippen LogP contribution in [0, 0.1) is 0 Å². The van der Waals surface area contributed by atoms with Gasteiger partial charge in [-0.2, -0.15) is 0 Å². The van der Waals surface area contributed by atoms with Gasteiger partial charge in [-0.3, -0.25) is 0 Å². The number of fused-ring (bicyclic) bond motifs is 1. The number of hydrogen-bond donors (Lipinski definition) is 0. The molecule has 0 aliphatic carbocycles. The molecular formula is C11H9NaO5. The van der Waals surface area contributed by atoms with Gasteiger partial charge in [-0.25, -0.2) is 4.79 Å². The Morgan fingerprint density at radius 3 is 2.65 bits per heavy atom. The fourth-order valence-electron chi connectivity index (χ4n) is 1.46. The van der Waals surface area contributed by atoms with Crippen molar-refractivity contribution in [2.75, 3.05) is 14.2 Å². The molecule has 0 fully saturated rings. The monoisotopic (exact) mass is 244 g/mol. The fraction of sp³-hybridized carbons (Fsp3) is 0.182. The summed E-state index contributed by atoms with van der Waals surface area (Å²) in [6, 6.07) is 4.86. The van der Waals surface area contributed by atoms with E-state index in [1.165, 1.54) is 14.2 Å². The molecule has 0 amide bonds. The fourth-order valence-corrected chi connectivity index (χ4v) is 1.46. The number of carbonyl (C=O) groups excluding carboxylic acids is 1. The number of methoxy groups -OCH3 is 2. The van der Waals surface area contributed by atoms with Gasteiger partial charge in [0.05, 0.1) is 14.2 Å². The largest absolute Gasteiger partial charge is 1.00 e. The third-order valence-electron chi connectivity index (χ3n) is 2.22. The van der Waals surface area contributed by atoms with Gasteiger partial charge in [-0.15, -0.1) is 0 Å². The maximum Gasteiger partial charge on any atom is 1.00 e. The van der Waals surface area contributed by atoms with Crippen molar-refractivity contribution in [2.45, 2.75) is 0 Å². The molecule has 0 N–H and O–H groups in total. The summed E-state index contributed by atoms with van der Waals surface area (Å²) in [6.45, 7) is 0. The topological polar surface area (TPSA) is 71.7 Å². The van der Waals surface area contributed by atoms with Crippen LogP contribution in [-0.2, 0) is 4.74 Å². The van der Waals surface area contributed by atoms with E-state index in [2.05, 4.69) is 4.74 Å². The van der Waals surface area contributed by atoms with Crippen LogP contribution >= 0.6 is 0 Å². The van der Waals surface area contributed by atoms with E-state index in [1.807, 2.05) is 0 Å². The van der Waals surface area contributed by atoms with Crippen LogP contribution in [0.15, 0.2) is 22.6 Å². The van der Waals surface area contributed by atoms with Crippen molar-refractivity contribution in [3.8, 4) is 11.5 Å². The predicted octanol–water partition coefficient (Wildman–Crippen LogP) is -1.69. The zero-order valence-electron chi connectivity index (χ0n) is 9.77. The third-order valence-corrected chi connectivity index (χ3v) is 2.22. The zero-order chi connectivity index (χ0) is 11.7. The van der Waals surface area contributed by atoms with Crippen molar-refractivity contribution in [3.63, 3.8) is 0 Å². The van der Waals surface area contributed by atoms with Crippen LogP contribution in [0.2, 0.25) is 0 Å². The summed E-state index contributed by atoms with van der Waals surface area (Å²) < 4.78 is 14.6. The second-order valence-electron chi connectivity index (χ2n) is 3.09. The molecule has 1 aromatic carbocycles. The van der Waals surface area contributed by atoms with Gasteiger partial charge in [0.2, 0.25) is 5.76 Å². The van der Waals surface area contributed by atoms with E-state index in [4.69, 9.17) is 9.15 Å². The molecular weight excluding hydrogens is 235 g/mol. The standard InChI is InChI=1S/C11H10O5.Na/c1-14-7-5-3-4-6-8(12)10(11(13)15-2)16-9(6)7;/h3-5,12H,1-2H3;/q;+1/p-1. The summed E-state index contributed by atoms with van der Waals surface area (Å²) in [6.07, 6.45) is 0. The van der Waals surface area contributed by atoms with E-state index in [0.29, 0.717) is 11.1 Å². The molecule has 0 atom stereocenters. The quantitative estimate of drug-likeness (QED) is 0.465. The third kappa shape index (κ3) is 2.26. The first kappa shape index (κ1) is 13.9. The van der Waals surface area contributed by atoms with Crippen molar-refractivity contribution in [3.05, 3.63) is 24.0 Å². The molecule has 1 aromatic heterocycles. The van der Waals surface area contributed by atoms with Gasteiger partial charge in [-0.05, 0) is 11.8 Å². The molecule has 0 spiro atoms. The van der Waals surface area contributed by atoms with Gasteiger partial charge >= 0.3 is 35.5 Å². The van der Waals surface area contributed by atoms with Gasteiger partial charge in [-0.1, -0.05) is 12.1 Å². The Labute approximate surface area is 120 Å². The zero-order valence-corrected chi connectivity index (χ0v) is 11.8. The summed E-state index contributed by atoms with van der Waals surface area (Å²) in [5.41, 5.74) is 0.260. The summed E-state index contributed by atoms with van der Waals surface area (Å²) >= 11 is 0. The molecule has 1 heterocycles. The molecule has 5 nitrogen and oxygen atoms in total. The smallest absolute Gasteiger partial charge is 0.869 e. The first-order chi connectivity index (χ1) is 7.69. The van der Waals surface area contributed by atoms with Gasteiger partial charge in [0.15, 0.2) is 11.3 Å². The molecule has 0 unspecified atom stereocenters. The average molecular weight is 244 g/mol. The Hall–Kier alpha value is -1.17. The predicted molar refractivity (Wildman–Crippen MR) is 53.6 cm³/mol. The maximum absolute atomic E-state index is 11.7. The number of esters is 1. The Bertz CT molecular complexity index is 546. The normalized spacial score (nSPS) is 9.76. The van der Waals surface area contributed by atoms with Crippen LogP contribution in [0.4, 0.5) is 0 Å². The molecule has 2 aromatic rings. The van der Waals surface area contributed by atoms with Crippen LogP contribution in [0.25, 0.3) is 11.0 Å². The van der Waals surface area contributed by atoms with E-state index in [9.17, 15) is 9.90 Å². The number of benzene rings is 1. The molecule has 84 valence electrons. The minimum atomic E-state index is -0.789. The second kappa shape index (κ2) is 5.44. The van der Waals surface area contributed by atoms with Crippen LogP contribution in [0.5, 0.6) is 11.5 Å². The Balaban J connectivity index is 0.00000144. The first-order valence-electron chi connectivity index (χ1n) is 4.54. The molecule has 2 rings (SSSR count). The van der Waals surface area contributed by atoms with E-state index in [0.717, 1.165) is 0 Å². The SMILES string of the molecule is COC(=O)c1oc2c(OC)cccc2c1[O-].[Na+]. The van der Waals surface area contributed by atoms with Gasteiger partial charge < -0.3 is 19.0 Å². The van der Waals surface area contributed by atoms with Crippen LogP contribution in [-0.4, -0.2) is 20.2 Å². The molecule has 6 heteroatoms. The molecule has 0 saturated heterocycles. The van der Waals surface area contributed by atoms with E-state index >= 15 is 0 Å². The van der Waals surface area contributed by atoms with E-state index in [1.54, 1.807) is 18.2 Å². The minimum absolute atomic E-state index is 0. The molecule has 0 radical (unpaired) electrons. The number of furan rings is 1. The second-order valence-corrected chi connectivity index (χ2v) is 3.09. The summed E-state index contributed by atoms with van der Waals surface area (Å²) in [4.78, 5) is 11.2. The number of carbonyl (C=O) groups is 1. The van der Waals surface area contributed by atoms with Crippen molar-refractivity contribution >= 4 is 16.9 Å². The Morgan fingerprint density at radius 2 is 2.06 bits per heavy atom. The maximum atomic E-state index is 11.7. The molecule has 0 saturated carbocycles. The average Bonchev–Trinajstić information content (AvgIpc) is 2.66.